The molecule has 132 valence electrons. The standard InChI is InChI=1S/C20H25N3O2/c1-15-5-3-4-6-19(15)22-20(24)21-16-11-13-23(14-12-16)17-7-9-18(25-2)10-8-17/h3-10,16H,11-14H2,1-2H3,(H2,21,22,24). The highest BCUT2D eigenvalue weighted by molar-refractivity contribution is 5.90. The van der Waals surface area contributed by atoms with E-state index < -0.39 is 0 Å². The van der Waals surface area contributed by atoms with Crippen molar-refractivity contribution < 1.29 is 9.53 Å². The van der Waals surface area contributed by atoms with Gasteiger partial charge in [-0.25, -0.2) is 4.79 Å². The second kappa shape index (κ2) is 7.92. The van der Waals surface area contributed by atoms with Crippen molar-refractivity contribution in [2.24, 2.45) is 0 Å². The van der Waals surface area contributed by atoms with E-state index in [4.69, 9.17) is 4.74 Å². The molecule has 0 radical (unpaired) electrons. The average Bonchev–Trinajstić information content (AvgIpc) is 2.64. The average molecular weight is 339 g/mol. The van der Waals surface area contributed by atoms with Crippen LogP contribution < -0.4 is 20.3 Å². The molecule has 0 atom stereocenters. The molecule has 2 aromatic rings. The minimum atomic E-state index is -0.128. The van der Waals surface area contributed by atoms with E-state index in [2.05, 4.69) is 27.7 Å². The Labute approximate surface area is 149 Å². The van der Waals surface area contributed by atoms with E-state index in [-0.39, 0.29) is 12.1 Å². The summed E-state index contributed by atoms with van der Waals surface area (Å²) in [5, 5.41) is 6.02. The third-order valence-electron chi connectivity index (χ3n) is 4.66. The number of hydrogen-bond acceptors (Lipinski definition) is 3. The monoisotopic (exact) mass is 339 g/mol. The largest absolute Gasteiger partial charge is 0.497 e. The summed E-state index contributed by atoms with van der Waals surface area (Å²) in [7, 11) is 1.67. The molecule has 1 saturated heterocycles. The van der Waals surface area contributed by atoms with Crippen LogP contribution in [0, 0.1) is 6.92 Å². The number of aryl methyl sites for hydroxylation is 1. The Balaban J connectivity index is 1.48. The number of carbonyl (C=O) groups excluding carboxylic acids is 1. The van der Waals surface area contributed by atoms with E-state index >= 15 is 0 Å². The van der Waals surface area contributed by atoms with Gasteiger partial charge in [0.2, 0.25) is 0 Å². The van der Waals surface area contributed by atoms with Crippen molar-refractivity contribution in [1.82, 2.24) is 5.32 Å². The molecular weight excluding hydrogens is 314 g/mol. The molecule has 5 nitrogen and oxygen atoms in total. The third kappa shape index (κ3) is 4.44. The maximum atomic E-state index is 12.2. The quantitative estimate of drug-likeness (QED) is 0.891. The van der Waals surface area contributed by atoms with E-state index in [1.807, 2.05) is 43.3 Å². The molecular formula is C20H25N3O2. The number of amides is 2. The van der Waals surface area contributed by atoms with Crippen molar-refractivity contribution in [3.05, 3.63) is 54.1 Å². The van der Waals surface area contributed by atoms with Crippen LogP contribution >= 0.6 is 0 Å². The van der Waals surface area contributed by atoms with Gasteiger partial charge in [-0.05, 0) is 55.7 Å². The number of para-hydroxylation sites is 1. The van der Waals surface area contributed by atoms with Gasteiger partial charge in [0.1, 0.15) is 5.75 Å². The third-order valence-corrected chi connectivity index (χ3v) is 4.66. The molecule has 2 N–H and O–H groups in total. The zero-order chi connectivity index (χ0) is 17.6. The molecule has 1 aliphatic heterocycles. The van der Waals surface area contributed by atoms with E-state index in [0.717, 1.165) is 42.9 Å². The molecule has 5 heteroatoms. The topological polar surface area (TPSA) is 53.6 Å². The maximum absolute atomic E-state index is 12.2. The summed E-state index contributed by atoms with van der Waals surface area (Å²) in [6, 6.07) is 16.0. The summed E-state index contributed by atoms with van der Waals surface area (Å²) in [4.78, 5) is 14.5. The lowest BCUT2D eigenvalue weighted by molar-refractivity contribution is 0.246. The van der Waals surface area contributed by atoms with Crippen LogP contribution in [0.4, 0.5) is 16.2 Å². The Morgan fingerprint density at radius 1 is 1.08 bits per heavy atom. The molecule has 25 heavy (non-hydrogen) atoms. The number of nitrogens with one attached hydrogen (secondary N) is 2. The van der Waals surface area contributed by atoms with Gasteiger partial charge in [0.15, 0.2) is 0 Å². The normalized spacial score (nSPS) is 14.9. The molecule has 0 aromatic heterocycles. The SMILES string of the molecule is COc1ccc(N2CCC(NC(=O)Nc3ccccc3C)CC2)cc1. The second-order valence-corrected chi connectivity index (χ2v) is 6.37. The van der Waals surface area contributed by atoms with Crippen LogP contribution in [0.3, 0.4) is 0 Å². The van der Waals surface area contributed by atoms with Gasteiger partial charge in [-0.15, -0.1) is 0 Å². The van der Waals surface area contributed by atoms with Crippen LogP contribution in [-0.2, 0) is 0 Å². The molecule has 0 spiro atoms. The number of piperidine rings is 1. The molecule has 1 heterocycles. The molecule has 0 unspecified atom stereocenters. The van der Waals surface area contributed by atoms with Crippen molar-refractivity contribution in [3.63, 3.8) is 0 Å². The lowest BCUT2D eigenvalue weighted by atomic mass is 10.0. The fraction of sp³-hybridized carbons (Fsp3) is 0.350. The van der Waals surface area contributed by atoms with Crippen LogP contribution in [0.15, 0.2) is 48.5 Å². The van der Waals surface area contributed by atoms with E-state index in [1.54, 1.807) is 7.11 Å². The maximum Gasteiger partial charge on any atom is 0.319 e. The van der Waals surface area contributed by atoms with Crippen LogP contribution in [-0.4, -0.2) is 32.3 Å². The molecule has 2 aromatic carbocycles. The Morgan fingerprint density at radius 3 is 2.40 bits per heavy atom. The van der Waals surface area contributed by atoms with Crippen LogP contribution in [0.2, 0.25) is 0 Å². The molecule has 0 aliphatic carbocycles. The van der Waals surface area contributed by atoms with Gasteiger partial charge in [-0.1, -0.05) is 18.2 Å². The number of benzene rings is 2. The Kier molecular flexibility index (Phi) is 5.43. The Morgan fingerprint density at radius 2 is 1.76 bits per heavy atom. The molecule has 2 amide bonds. The number of methoxy groups -OCH3 is 1. The van der Waals surface area contributed by atoms with Gasteiger partial charge >= 0.3 is 6.03 Å². The van der Waals surface area contributed by atoms with E-state index in [0.29, 0.717) is 0 Å². The zero-order valence-electron chi connectivity index (χ0n) is 14.8. The molecule has 3 rings (SSSR count). The predicted molar refractivity (Wildman–Crippen MR) is 102 cm³/mol. The Hall–Kier alpha value is -2.69. The fourth-order valence-corrected chi connectivity index (χ4v) is 3.13. The van der Waals surface area contributed by atoms with Crippen molar-refractivity contribution in [2.75, 3.05) is 30.4 Å². The van der Waals surface area contributed by atoms with Gasteiger partial charge in [-0.3, -0.25) is 0 Å². The number of anilines is 2. The summed E-state index contributed by atoms with van der Waals surface area (Å²) in [5.41, 5.74) is 3.12. The molecule has 0 saturated carbocycles. The molecule has 1 aliphatic rings. The number of ether oxygens (including phenoxy) is 1. The molecule has 1 fully saturated rings. The lowest BCUT2D eigenvalue weighted by Gasteiger charge is -2.34. The summed E-state index contributed by atoms with van der Waals surface area (Å²) in [6.45, 7) is 3.85. The fourth-order valence-electron chi connectivity index (χ4n) is 3.13. The van der Waals surface area contributed by atoms with Gasteiger partial charge < -0.3 is 20.3 Å². The van der Waals surface area contributed by atoms with Gasteiger partial charge in [-0.2, -0.15) is 0 Å². The van der Waals surface area contributed by atoms with Gasteiger partial charge in [0, 0.05) is 30.5 Å². The van der Waals surface area contributed by atoms with Crippen molar-refractivity contribution in [3.8, 4) is 5.75 Å². The van der Waals surface area contributed by atoms with Crippen LogP contribution in [0.5, 0.6) is 5.75 Å². The number of carbonyl (C=O) groups is 1. The minimum absolute atomic E-state index is 0.128. The van der Waals surface area contributed by atoms with Crippen molar-refractivity contribution in [1.29, 1.82) is 0 Å². The number of hydrogen-bond donors (Lipinski definition) is 2. The predicted octanol–water partition coefficient (Wildman–Crippen LogP) is 3.79. The number of urea groups is 1. The van der Waals surface area contributed by atoms with Crippen LogP contribution in [0.25, 0.3) is 0 Å². The highest BCUT2D eigenvalue weighted by Gasteiger charge is 2.21. The number of nitrogens with zero attached hydrogens (tertiary/aromatic N) is 1. The highest BCUT2D eigenvalue weighted by Crippen LogP contribution is 2.23. The summed E-state index contributed by atoms with van der Waals surface area (Å²) >= 11 is 0. The molecule has 0 bridgehead atoms. The zero-order valence-corrected chi connectivity index (χ0v) is 14.8. The van der Waals surface area contributed by atoms with E-state index in [1.165, 1.54) is 5.69 Å². The Bertz CT molecular complexity index is 707. The van der Waals surface area contributed by atoms with Crippen molar-refractivity contribution in [2.45, 2.75) is 25.8 Å². The first kappa shape index (κ1) is 17.1. The summed E-state index contributed by atoms with van der Waals surface area (Å²) in [5.74, 6) is 0.869. The van der Waals surface area contributed by atoms with Crippen molar-refractivity contribution >= 4 is 17.4 Å². The first-order valence-corrected chi connectivity index (χ1v) is 8.68. The number of rotatable bonds is 4. The minimum Gasteiger partial charge on any atom is -0.497 e. The summed E-state index contributed by atoms with van der Waals surface area (Å²) < 4.78 is 5.20. The highest BCUT2D eigenvalue weighted by atomic mass is 16.5. The first-order chi connectivity index (χ1) is 12.2. The van der Waals surface area contributed by atoms with Gasteiger partial charge in [0.25, 0.3) is 0 Å². The van der Waals surface area contributed by atoms with E-state index in [9.17, 15) is 4.79 Å². The summed E-state index contributed by atoms with van der Waals surface area (Å²) in [6.07, 6.45) is 1.88. The lowest BCUT2D eigenvalue weighted by Crippen LogP contribution is -2.46. The first-order valence-electron chi connectivity index (χ1n) is 8.68. The van der Waals surface area contributed by atoms with Crippen LogP contribution in [0.1, 0.15) is 18.4 Å². The second-order valence-electron chi connectivity index (χ2n) is 6.37. The smallest absolute Gasteiger partial charge is 0.319 e. The van der Waals surface area contributed by atoms with Gasteiger partial charge in [0.05, 0.1) is 7.11 Å².